The molecule has 202 valence electrons. The molecule has 0 aliphatic carbocycles. The highest BCUT2D eigenvalue weighted by Gasteiger charge is 2.27. The fourth-order valence-corrected chi connectivity index (χ4v) is 6.94. The summed E-state index contributed by atoms with van der Waals surface area (Å²) in [7, 11) is -6.18. The molecular formula is C26H28ClN3O6S2. The van der Waals surface area contributed by atoms with Gasteiger partial charge in [-0.15, -0.1) is 0 Å². The molecular weight excluding hydrogens is 550 g/mol. The van der Waals surface area contributed by atoms with Crippen molar-refractivity contribution in [3.63, 3.8) is 0 Å². The molecule has 2 N–H and O–H groups in total. The molecule has 0 atom stereocenters. The lowest BCUT2D eigenvalue weighted by atomic mass is 10.2. The summed E-state index contributed by atoms with van der Waals surface area (Å²) in [5.74, 6) is -0.344. The fraction of sp³-hybridized carbons (Fsp3) is 0.269. The summed E-state index contributed by atoms with van der Waals surface area (Å²) >= 11 is 6.34. The first-order chi connectivity index (χ1) is 18.0. The fourth-order valence-electron chi connectivity index (χ4n) is 4.08. The van der Waals surface area contributed by atoms with Gasteiger partial charge in [-0.25, -0.2) is 16.8 Å². The Morgan fingerprint density at radius 3 is 2.18 bits per heavy atom. The van der Waals surface area contributed by atoms with E-state index in [-0.39, 0.29) is 37.5 Å². The van der Waals surface area contributed by atoms with Crippen molar-refractivity contribution in [3.8, 4) is 5.75 Å². The van der Waals surface area contributed by atoms with Gasteiger partial charge in [0.25, 0.3) is 15.9 Å². The van der Waals surface area contributed by atoms with Crippen molar-refractivity contribution in [3.05, 3.63) is 76.8 Å². The van der Waals surface area contributed by atoms with Gasteiger partial charge in [-0.1, -0.05) is 35.7 Å². The zero-order valence-electron chi connectivity index (χ0n) is 20.9. The second-order valence-corrected chi connectivity index (χ2v) is 12.9. The number of rotatable bonds is 8. The molecule has 1 saturated heterocycles. The first kappa shape index (κ1) is 27.9. The summed E-state index contributed by atoms with van der Waals surface area (Å²) in [5, 5.41) is 2.67. The van der Waals surface area contributed by atoms with Gasteiger partial charge in [0.1, 0.15) is 5.75 Å². The zero-order valence-corrected chi connectivity index (χ0v) is 23.3. The molecule has 4 rings (SSSR count). The van der Waals surface area contributed by atoms with E-state index in [1.807, 2.05) is 6.92 Å². The van der Waals surface area contributed by atoms with Crippen LogP contribution in [0.1, 0.15) is 35.2 Å². The van der Waals surface area contributed by atoms with Crippen molar-refractivity contribution in [2.75, 3.05) is 30.2 Å². The van der Waals surface area contributed by atoms with Gasteiger partial charge >= 0.3 is 0 Å². The zero-order chi connectivity index (χ0) is 27.5. The quantitative estimate of drug-likeness (QED) is 0.393. The highest BCUT2D eigenvalue weighted by atomic mass is 35.5. The molecule has 0 aromatic heterocycles. The van der Waals surface area contributed by atoms with Crippen molar-refractivity contribution in [2.24, 2.45) is 0 Å². The summed E-state index contributed by atoms with van der Waals surface area (Å²) in [6.45, 7) is 2.75. The van der Waals surface area contributed by atoms with Crippen LogP contribution in [0.4, 0.5) is 11.4 Å². The summed E-state index contributed by atoms with van der Waals surface area (Å²) in [6.07, 6.45) is 2.59. The van der Waals surface area contributed by atoms with Gasteiger partial charge in [0, 0.05) is 13.1 Å². The predicted molar refractivity (Wildman–Crippen MR) is 147 cm³/mol. The summed E-state index contributed by atoms with van der Waals surface area (Å²) < 4.78 is 60.8. The van der Waals surface area contributed by atoms with Crippen LogP contribution in [0.5, 0.6) is 5.75 Å². The van der Waals surface area contributed by atoms with Gasteiger partial charge in [0.2, 0.25) is 10.0 Å². The molecule has 3 aromatic carbocycles. The number of benzene rings is 3. The van der Waals surface area contributed by atoms with Crippen LogP contribution in [-0.4, -0.2) is 47.2 Å². The molecule has 1 aliphatic heterocycles. The van der Waals surface area contributed by atoms with E-state index in [1.54, 1.807) is 12.1 Å². The lowest BCUT2D eigenvalue weighted by molar-refractivity contribution is 0.102. The van der Waals surface area contributed by atoms with E-state index in [2.05, 4.69) is 10.0 Å². The molecule has 1 amide bonds. The third-order valence-electron chi connectivity index (χ3n) is 6.17. The van der Waals surface area contributed by atoms with Gasteiger partial charge < -0.3 is 10.1 Å². The Hall–Kier alpha value is -3.12. The molecule has 0 radical (unpaired) electrons. The SMILES string of the molecule is COc1ccc(S(=O)(=O)N2CCCCC2)cc1NC(=O)c1ccc(NS(=O)(=O)c2ccc(C)cc2)cc1Cl. The number of piperidine rings is 1. The number of nitrogens with zero attached hydrogens (tertiary/aromatic N) is 1. The third kappa shape index (κ3) is 6.12. The van der Waals surface area contributed by atoms with E-state index in [9.17, 15) is 21.6 Å². The Labute approximate surface area is 227 Å². The largest absolute Gasteiger partial charge is 0.495 e. The Morgan fingerprint density at radius 2 is 1.55 bits per heavy atom. The number of halogens is 1. The number of sulfonamides is 2. The Balaban J connectivity index is 1.55. The Morgan fingerprint density at radius 1 is 0.895 bits per heavy atom. The van der Waals surface area contributed by atoms with E-state index < -0.39 is 26.0 Å². The third-order valence-corrected chi connectivity index (χ3v) is 9.77. The molecule has 0 spiro atoms. The monoisotopic (exact) mass is 577 g/mol. The predicted octanol–water partition coefficient (Wildman–Crippen LogP) is 4.88. The molecule has 0 bridgehead atoms. The molecule has 1 heterocycles. The van der Waals surface area contributed by atoms with Crippen LogP contribution < -0.4 is 14.8 Å². The van der Waals surface area contributed by atoms with Crippen molar-refractivity contribution in [2.45, 2.75) is 36.0 Å². The maximum atomic E-state index is 13.1. The first-order valence-electron chi connectivity index (χ1n) is 11.9. The minimum atomic E-state index is -3.85. The van der Waals surface area contributed by atoms with Crippen LogP contribution in [0.3, 0.4) is 0 Å². The van der Waals surface area contributed by atoms with Gasteiger partial charge in [-0.3, -0.25) is 9.52 Å². The molecule has 0 unspecified atom stereocenters. The number of carbonyl (C=O) groups excluding carboxylic acids is 1. The minimum absolute atomic E-state index is 0.00247. The molecule has 12 heteroatoms. The van der Waals surface area contributed by atoms with E-state index in [0.717, 1.165) is 24.8 Å². The summed E-state index contributed by atoms with van der Waals surface area (Å²) in [4.78, 5) is 13.2. The number of amides is 1. The van der Waals surface area contributed by atoms with Crippen molar-refractivity contribution >= 4 is 48.9 Å². The van der Waals surface area contributed by atoms with Gasteiger partial charge in [-0.2, -0.15) is 4.31 Å². The van der Waals surface area contributed by atoms with Crippen LogP contribution in [0.25, 0.3) is 0 Å². The highest BCUT2D eigenvalue weighted by molar-refractivity contribution is 7.92. The van der Waals surface area contributed by atoms with Crippen molar-refractivity contribution < 1.29 is 26.4 Å². The molecule has 1 fully saturated rings. The van der Waals surface area contributed by atoms with Crippen LogP contribution in [0.2, 0.25) is 5.02 Å². The first-order valence-corrected chi connectivity index (χ1v) is 15.2. The number of hydrogen-bond donors (Lipinski definition) is 2. The number of anilines is 2. The molecule has 9 nitrogen and oxygen atoms in total. The number of nitrogens with one attached hydrogen (secondary N) is 2. The molecule has 38 heavy (non-hydrogen) atoms. The normalized spacial score (nSPS) is 14.6. The second-order valence-electron chi connectivity index (χ2n) is 8.89. The lowest BCUT2D eigenvalue weighted by Gasteiger charge is -2.26. The summed E-state index contributed by atoms with van der Waals surface area (Å²) in [6, 6.07) is 14.8. The maximum Gasteiger partial charge on any atom is 0.261 e. The molecule has 1 aliphatic rings. The number of hydrogen-bond acceptors (Lipinski definition) is 6. The van der Waals surface area contributed by atoms with E-state index in [4.69, 9.17) is 16.3 Å². The standard InChI is InChI=1S/C26H28ClN3O6S2/c1-18-6-9-20(10-7-18)37(32,33)29-19-8-12-22(23(27)16-19)26(31)28-24-17-21(11-13-25(24)36-2)38(34,35)30-14-4-3-5-15-30/h6-13,16-17,29H,3-5,14-15H2,1-2H3,(H,28,31). The average Bonchev–Trinajstić information content (AvgIpc) is 2.89. The van der Waals surface area contributed by atoms with E-state index in [0.29, 0.717) is 13.1 Å². The Bertz CT molecular complexity index is 1550. The second kappa shape index (κ2) is 11.3. The average molecular weight is 578 g/mol. The van der Waals surface area contributed by atoms with Gasteiger partial charge in [0.05, 0.1) is 38.9 Å². The number of ether oxygens (including phenoxy) is 1. The van der Waals surface area contributed by atoms with Gasteiger partial charge in [0.15, 0.2) is 0 Å². The lowest BCUT2D eigenvalue weighted by Crippen LogP contribution is -2.35. The molecule has 3 aromatic rings. The van der Waals surface area contributed by atoms with Crippen LogP contribution in [0, 0.1) is 6.92 Å². The van der Waals surface area contributed by atoms with Crippen molar-refractivity contribution in [1.29, 1.82) is 0 Å². The smallest absolute Gasteiger partial charge is 0.261 e. The van der Waals surface area contributed by atoms with Crippen LogP contribution in [-0.2, 0) is 20.0 Å². The van der Waals surface area contributed by atoms with Crippen molar-refractivity contribution in [1.82, 2.24) is 4.31 Å². The topological polar surface area (TPSA) is 122 Å². The summed E-state index contributed by atoms with van der Waals surface area (Å²) in [5.41, 5.74) is 1.33. The number of carbonyl (C=O) groups is 1. The molecule has 0 saturated carbocycles. The van der Waals surface area contributed by atoms with Crippen LogP contribution in [0.15, 0.2) is 70.5 Å². The maximum absolute atomic E-state index is 13.1. The number of aryl methyl sites for hydroxylation is 1. The number of methoxy groups -OCH3 is 1. The van der Waals surface area contributed by atoms with E-state index >= 15 is 0 Å². The highest BCUT2D eigenvalue weighted by Crippen LogP contribution is 2.31. The van der Waals surface area contributed by atoms with E-state index in [1.165, 1.54) is 59.9 Å². The van der Waals surface area contributed by atoms with Crippen LogP contribution >= 0.6 is 11.6 Å². The minimum Gasteiger partial charge on any atom is -0.495 e. The van der Waals surface area contributed by atoms with Gasteiger partial charge in [-0.05, 0) is 68.3 Å². The Kier molecular flexibility index (Phi) is 8.31.